The van der Waals surface area contributed by atoms with Crippen LogP contribution in [0.3, 0.4) is 0 Å². The summed E-state index contributed by atoms with van der Waals surface area (Å²) in [5.41, 5.74) is 5.44. The number of aliphatic hydroxyl groups is 1. The van der Waals surface area contributed by atoms with Gasteiger partial charge in [-0.1, -0.05) is 108 Å². The van der Waals surface area contributed by atoms with Crippen LogP contribution in [0.5, 0.6) is 0 Å². The van der Waals surface area contributed by atoms with Crippen LogP contribution in [0.1, 0.15) is 119 Å². The van der Waals surface area contributed by atoms with E-state index in [2.05, 4.69) is 110 Å². The van der Waals surface area contributed by atoms with E-state index >= 15 is 0 Å². The standard InChI is InChI=1S/C23H26N.C17H32O2.Ir/c1-6-23(5,7-2)20-8-9-21-18(15-20)10-11-24-22(21)19-13-16(3)12-17(4)14-19;1-12(2)10-16(5,6)14(18)9-15(19)17(7,8)11-13(3)4;/h8-13,15H,6-7H2,1-5H3;9,12-13,18H,10-11H2,1-8H3;/q-1;;/b;14-9-;. The van der Waals surface area contributed by atoms with Crippen molar-refractivity contribution in [1.29, 1.82) is 0 Å². The molecule has 3 nitrogen and oxygen atoms in total. The molecular formula is C40H58IrNO2-. The molecular weight excluding hydrogens is 719 g/mol. The summed E-state index contributed by atoms with van der Waals surface area (Å²) in [7, 11) is 0. The van der Waals surface area contributed by atoms with E-state index in [0.717, 1.165) is 42.5 Å². The van der Waals surface area contributed by atoms with Crippen molar-refractivity contribution in [2.75, 3.05) is 0 Å². The number of hydrogen-bond acceptors (Lipinski definition) is 3. The number of allylic oxidation sites excluding steroid dienone is 2. The smallest absolute Gasteiger partial charge is 0.164 e. The minimum atomic E-state index is -0.407. The van der Waals surface area contributed by atoms with Crippen molar-refractivity contribution in [2.45, 2.75) is 121 Å². The van der Waals surface area contributed by atoms with E-state index in [0.29, 0.717) is 11.8 Å². The van der Waals surface area contributed by atoms with Crippen molar-refractivity contribution < 1.29 is 30.0 Å². The van der Waals surface area contributed by atoms with Crippen LogP contribution in [-0.4, -0.2) is 15.9 Å². The number of fused-ring (bicyclic) bond motifs is 1. The van der Waals surface area contributed by atoms with E-state index in [4.69, 9.17) is 0 Å². The number of hydrogen-bond donors (Lipinski definition) is 1. The van der Waals surface area contributed by atoms with Crippen molar-refractivity contribution in [2.24, 2.45) is 22.7 Å². The van der Waals surface area contributed by atoms with E-state index in [-0.39, 0.29) is 42.5 Å². The molecule has 3 aromatic rings. The fourth-order valence-corrected chi connectivity index (χ4v) is 6.21. The van der Waals surface area contributed by atoms with Crippen LogP contribution in [0.2, 0.25) is 0 Å². The van der Waals surface area contributed by atoms with Crippen LogP contribution in [0.4, 0.5) is 0 Å². The van der Waals surface area contributed by atoms with Gasteiger partial charge in [0, 0.05) is 43.2 Å². The summed E-state index contributed by atoms with van der Waals surface area (Å²) in [5, 5.41) is 12.7. The molecule has 1 radical (unpaired) electrons. The Hall–Kier alpha value is -2.29. The molecule has 4 heteroatoms. The molecule has 1 N–H and O–H groups in total. The summed E-state index contributed by atoms with van der Waals surface area (Å²) in [5.74, 6) is 1.20. The maximum atomic E-state index is 12.3. The third-order valence-electron chi connectivity index (χ3n) is 8.89. The fourth-order valence-electron chi connectivity index (χ4n) is 6.21. The number of carbonyl (C=O) groups excluding carboxylic acids is 1. The molecule has 3 rings (SSSR count). The Bertz CT molecular complexity index is 1390. The first-order chi connectivity index (χ1) is 19.8. The molecule has 0 spiro atoms. The van der Waals surface area contributed by atoms with E-state index < -0.39 is 5.41 Å². The van der Waals surface area contributed by atoms with Crippen molar-refractivity contribution >= 4 is 16.6 Å². The van der Waals surface area contributed by atoms with E-state index in [9.17, 15) is 9.90 Å². The molecule has 0 fully saturated rings. The molecule has 0 saturated heterocycles. The molecule has 1 heterocycles. The van der Waals surface area contributed by atoms with Crippen LogP contribution in [0, 0.1) is 42.6 Å². The van der Waals surface area contributed by atoms with Gasteiger partial charge in [0.2, 0.25) is 0 Å². The summed E-state index contributed by atoms with van der Waals surface area (Å²) >= 11 is 0. The van der Waals surface area contributed by atoms with Gasteiger partial charge in [-0.05, 0) is 71.0 Å². The zero-order valence-electron chi connectivity index (χ0n) is 29.7. The van der Waals surface area contributed by atoms with Crippen LogP contribution in [-0.2, 0) is 30.3 Å². The van der Waals surface area contributed by atoms with Crippen molar-refractivity contribution in [1.82, 2.24) is 4.98 Å². The second kappa shape index (κ2) is 16.3. The van der Waals surface area contributed by atoms with Gasteiger partial charge in [0.25, 0.3) is 0 Å². The van der Waals surface area contributed by atoms with Gasteiger partial charge >= 0.3 is 0 Å². The van der Waals surface area contributed by atoms with Gasteiger partial charge in [-0.3, -0.25) is 4.79 Å². The fraction of sp³-hybridized carbons (Fsp3) is 0.550. The quantitative estimate of drug-likeness (QED) is 0.120. The van der Waals surface area contributed by atoms with Gasteiger partial charge in [-0.2, -0.15) is 0 Å². The van der Waals surface area contributed by atoms with Crippen LogP contribution < -0.4 is 0 Å². The number of carbonyl (C=O) groups is 1. The average Bonchev–Trinajstić information content (AvgIpc) is 2.90. The number of nitrogens with zero attached hydrogens (tertiary/aromatic N) is 1. The molecule has 1 aromatic heterocycles. The number of rotatable bonds is 11. The Morgan fingerprint density at radius 1 is 0.886 bits per heavy atom. The molecule has 0 aliphatic carbocycles. The minimum absolute atomic E-state index is 0. The number of pyridine rings is 1. The summed E-state index contributed by atoms with van der Waals surface area (Å²) in [4.78, 5) is 17.0. The molecule has 0 amide bonds. The van der Waals surface area contributed by atoms with E-state index in [1.807, 2.05) is 33.9 Å². The molecule has 0 aliphatic rings. The summed E-state index contributed by atoms with van der Waals surface area (Å²) in [6, 6.07) is 16.8. The number of aryl methyl sites for hydroxylation is 2. The SMILES string of the molecule is CC(C)CC(C)(C)C(=O)/C=C(\O)C(C)(C)CC(C)C.CCC(C)(CC)c1ccc2c(-c3[c-]c(C)cc(C)c3)nccc2c1.[Ir]. The summed E-state index contributed by atoms with van der Waals surface area (Å²) < 4.78 is 0. The Morgan fingerprint density at radius 2 is 1.45 bits per heavy atom. The predicted molar refractivity (Wildman–Crippen MR) is 186 cm³/mol. The molecule has 0 aliphatic heterocycles. The van der Waals surface area contributed by atoms with Crippen molar-refractivity contribution in [3.05, 3.63) is 77.2 Å². The third kappa shape index (κ3) is 10.7. The molecule has 0 bridgehead atoms. The normalized spacial score (nSPS) is 12.7. The molecule has 44 heavy (non-hydrogen) atoms. The first-order valence-electron chi connectivity index (χ1n) is 16.2. The zero-order valence-corrected chi connectivity index (χ0v) is 32.1. The first-order valence-corrected chi connectivity index (χ1v) is 16.2. The predicted octanol–water partition coefficient (Wildman–Crippen LogP) is 11.5. The van der Waals surface area contributed by atoms with Gasteiger partial charge in [0.1, 0.15) is 5.76 Å². The largest absolute Gasteiger partial charge is 0.512 e. The molecule has 245 valence electrons. The molecule has 2 aromatic carbocycles. The van der Waals surface area contributed by atoms with Crippen molar-refractivity contribution in [3.8, 4) is 11.3 Å². The second-order valence-electron chi connectivity index (χ2n) is 15.0. The number of aromatic nitrogens is 1. The number of ketones is 1. The monoisotopic (exact) mass is 777 g/mol. The van der Waals surface area contributed by atoms with E-state index in [1.54, 1.807) is 0 Å². The molecule has 0 saturated carbocycles. The maximum absolute atomic E-state index is 12.3. The summed E-state index contributed by atoms with van der Waals surface area (Å²) in [6.45, 7) is 27.5. The van der Waals surface area contributed by atoms with Gasteiger partial charge < -0.3 is 10.1 Å². The third-order valence-corrected chi connectivity index (χ3v) is 8.89. The van der Waals surface area contributed by atoms with Gasteiger partial charge in [0.15, 0.2) is 5.78 Å². The average molecular weight is 777 g/mol. The summed E-state index contributed by atoms with van der Waals surface area (Å²) in [6.07, 6.45) is 7.37. The Kier molecular flexibility index (Phi) is 14.7. The van der Waals surface area contributed by atoms with Gasteiger partial charge in [-0.15, -0.1) is 34.9 Å². The molecule has 0 unspecified atom stereocenters. The minimum Gasteiger partial charge on any atom is -0.512 e. The zero-order chi connectivity index (χ0) is 32.8. The molecule has 0 atom stereocenters. The number of benzene rings is 2. The maximum Gasteiger partial charge on any atom is 0.164 e. The van der Waals surface area contributed by atoms with E-state index in [1.165, 1.54) is 28.0 Å². The van der Waals surface area contributed by atoms with Crippen LogP contribution >= 0.6 is 0 Å². The Labute approximate surface area is 282 Å². The second-order valence-corrected chi connectivity index (χ2v) is 15.0. The van der Waals surface area contributed by atoms with Crippen molar-refractivity contribution in [3.63, 3.8) is 0 Å². The number of aliphatic hydroxyl groups excluding tert-OH is 1. The van der Waals surface area contributed by atoms with Gasteiger partial charge in [-0.25, -0.2) is 0 Å². The Balaban J connectivity index is 0.000000444. The van der Waals surface area contributed by atoms with Crippen LogP contribution in [0.25, 0.3) is 22.0 Å². The van der Waals surface area contributed by atoms with Gasteiger partial charge in [0.05, 0.1) is 0 Å². The van der Waals surface area contributed by atoms with Crippen LogP contribution in [0.15, 0.2) is 54.4 Å². The topological polar surface area (TPSA) is 50.2 Å². The Morgan fingerprint density at radius 3 is 1.98 bits per heavy atom. The first kappa shape index (κ1) is 39.7.